The van der Waals surface area contributed by atoms with Crippen molar-refractivity contribution >= 4 is 5.91 Å². The first-order valence-corrected chi connectivity index (χ1v) is 5.60. The Labute approximate surface area is 104 Å². The first-order valence-electron chi connectivity index (χ1n) is 5.60. The molecular formula is C11H18N4O3. The molecule has 1 atom stereocenters. The molecule has 0 radical (unpaired) electrons. The van der Waals surface area contributed by atoms with Crippen LogP contribution in [-0.4, -0.2) is 39.6 Å². The van der Waals surface area contributed by atoms with Gasteiger partial charge >= 0.3 is 5.69 Å². The summed E-state index contributed by atoms with van der Waals surface area (Å²) in [5, 5.41) is 0. The molecule has 1 heterocycles. The van der Waals surface area contributed by atoms with Crippen LogP contribution in [0.5, 0.6) is 0 Å². The molecule has 1 amide bonds. The number of hydrogen-bond acceptors (Lipinski definition) is 4. The van der Waals surface area contributed by atoms with Crippen LogP contribution in [0.2, 0.25) is 0 Å². The Kier molecular flexibility index (Phi) is 4.43. The number of aromatic nitrogens is 2. The molecule has 100 valence electrons. The van der Waals surface area contributed by atoms with Gasteiger partial charge in [-0.1, -0.05) is 0 Å². The number of carbonyl (C=O) groups excluding carboxylic acids is 1. The zero-order chi connectivity index (χ0) is 13.9. The standard InChI is InChI=1S/C11H18N4O3/c1-8(6-12)13(2)10(17)7-15-5-4-9(16)14(3)11(15)18/h4-5,8H,6-7,12H2,1-3H3. The van der Waals surface area contributed by atoms with Crippen molar-refractivity contribution in [1.29, 1.82) is 0 Å². The molecule has 1 unspecified atom stereocenters. The van der Waals surface area contributed by atoms with Gasteiger partial charge in [0.15, 0.2) is 0 Å². The molecule has 1 aromatic rings. The van der Waals surface area contributed by atoms with Crippen LogP contribution in [0.1, 0.15) is 6.92 Å². The van der Waals surface area contributed by atoms with Crippen molar-refractivity contribution in [2.45, 2.75) is 19.5 Å². The van der Waals surface area contributed by atoms with Gasteiger partial charge in [-0.25, -0.2) is 4.79 Å². The molecule has 0 aliphatic heterocycles. The van der Waals surface area contributed by atoms with E-state index in [-0.39, 0.29) is 18.5 Å². The highest BCUT2D eigenvalue weighted by Crippen LogP contribution is 1.95. The van der Waals surface area contributed by atoms with Gasteiger partial charge < -0.3 is 10.6 Å². The Morgan fingerprint density at radius 3 is 2.67 bits per heavy atom. The number of nitrogens with two attached hydrogens (primary N) is 1. The van der Waals surface area contributed by atoms with Crippen molar-refractivity contribution in [1.82, 2.24) is 14.0 Å². The molecule has 0 spiro atoms. The van der Waals surface area contributed by atoms with Crippen LogP contribution in [0, 0.1) is 0 Å². The minimum Gasteiger partial charge on any atom is -0.340 e. The monoisotopic (exact) mass is 254 g/mol. The zero-order valence-electron chi connectivity index (χ0n) is 10.8. The molecule has 7 nitrogen and oxygen atoms in total. The minimum absolute atomic E-state index is 0.0965. The topological polar surface area (TPSA) is 90.3 Å². The molecule has 2 N–H and O–H groups in total. The lowest BCUT2D eigenvalue weighted by Gasteiger charge is -2.23. The van der Waals surface area contributed by atoms with Crippen LogP contribution in [0.25, 0.3) is 0 Å². The number of hydrogen-bond donors (Lipinski definition) is 1. The molecule has 7 heteroatoms. The summed E-state index contributed by atoms with van der Waals surface area (Å²) in [5.74, 6) is -0.228. The second-order valence-corrected chi connectivity index (χ2v) is 4.21. The first kappa shape index (κ1) is 14.2. The largest absolute Gasteiger partial charge is 0.340 e. The van der Waals surface area contributed by atoms with Gasteiger partial charge in [0.25, 0.3) is 5.56 Å². The first-order chi connectivity index (χ1) is 8.38. The predicted molar refractivity (Wildman–Crippen MR) is 67.2 cm³/mol. The maximum Gasteiger partial charge on any atom is 0.331 e. The maximum atomic E-state index is 11.9. The Morgan fingerprint density at radius 2 is 2.11 bits per heavy atom. The molecule has 1 aromatic heterocycles. The number of carbonyl (C=O) groups is 1. The van der Waals surface area contributed by atoms with Crippen LogP contribution in [0.15, 0.2) is 21.9 Å². The summed E-state index contributed by atoms with van der Waals surface area (Å²) in [4.78, 5) is 36.3. The Balaban J connectivity index is 2.93. The van der Waals surface area contributed by atoms with E-state index < -0.39 is 11.2 Å². The van der Waals surface area contributed by atoms with Crippen molar-refractivity contribution in [3.05, 3.63) is 33.1 Å². The third-order valence-electron chi connectivity index (χ3n) is 2.96. The lowest BCUT2D eigenvalue weighted by atomic mass is 10.3. The third kappa shape index (κ3) is 2.86. The SMILES string of the molecule is CC(CN)N(C)C(=O)Cn1ccc(=O)n(C)c1=O. The van der Waals surface area contributed by atoms with Crippen LogP contribution in [0.3, 0.4) is 0 Å². The normalized spacial score (nSPS) is 12.2. The summed E-state index contributed by atoms with van der Waals surface area (Å²) in [6.07, 6.45) is 1.32. The fourth-order valence-electron chi connectivity index (χ4n) is 1.40. The minimum atomic E-state index is -0.510. The van der Waals surface area contributed by atoms with E-state index in [0.717, 1.165) is 4.57 Å². The van der Waals surface area contributed by atoms with Crippen molar-refractivity contribution in [2.24, 2.45) is 12.8 Å². The summed E-state index contributed by atoms with van der Waals surface area (Å²) in [6, 6.07) is 1.15. The summed E-state index contributed by atoms with van der Waals surface area (Å²) in [5.41, 5.74) is 4.56. The third-order valence-corrected chi connectivity index (χ3v) is 2.96. The van der Waals surface area contributed by atoms with E-state index >= 15 is 0 Å². The molecule has 1 rings (SSSR count). The van der Waals surface area contributed by atoms with E-state index in [2.05, 4.69) is 0 Å². The van der Waals surface area contributed by atoms with Gasteiger partial charge in [-0.05, 0) is 6.92 Å². The Morgan fingerprint density at radius 1 is 1.50 bits per heavy atom. The van der Waals surface area contributed by atoms with Gasteiger partial charge in [-0.15, -0.1) is 0 Å². The van der Waals surface area contributed by atoms with Crippen molar-refractivity contribution in [2.75, 3.05) is 13.6 Å². The average Bonchev–Trinajstić information content (AvgIpc) is 2.37. The molecule has 0 bridgehead atoms. The van der Waals surface area contributed by atoms with E-state index in [4.69, 9.17) is 5.73 Å². The molecule has 0 aliphatic carbocycles. The average molecular weight is 254 g/mol. The van der Waals surface area contributed by atoms with Gasteiger partial charge in [-0.3, -0.25) is 18.7 Å². The molecule has 0 saturated heterocycles. The summed E-state index contributed by atoms with van der Waals surface area (Å²) >= 11 is 0. The second-order valence-electron chi connectivity index (χ2n) is 4.21. The van der Waals surface area contributed by atoms with E-state index in [0.29, 0.717) is 6.54 Å². The van der Waals surface area contributed by atoms with Crippen LogP contribution >= 0.6 is 0 Å². The van der Waals surface area contributed by atoms with Crippen molar-refractivity contribution < 1.29 is 4.79 Å². The highest BCUT2D eigenvalue weighted by atomic mass is 16.2. The highest BCUT2D eigenvalue weighted by Gasteiger charge is 2.15. The maximum absolute atomic E-state index is 11.9. The number of nitrogens with zero attached hydrogens (tertiary/aromatic N) is 3. The van der Waals surface area contributed by atoms with Crippen LogP contribution in [-0.2, 0) is 18.4 Å². The molecule has 18 heavy (non-hydrogen) atoms. The van der Waals surface area contributed by atoms with Gasteiger partial charge in [0, 0.05) is 38.9 Å². The predicted octanol–water partition coefficient (Wildman–Crippen LogP) is -1.65. The zero-order valence-corrected chi connectivity index (χ0v) is 10.8. The van der Waals surface area contributed by atoms with Gasteiger partial charge in [0.2, 0.25) is 5.91 Å². The van der Waals surface area contributed by atoms with E-state index in [9.17, 15) is 14.4 Å². The number of likely N-dealkylation sites (N-methyl/N-ethyl adjacent to an activating group) is 1. The Bertz CT molecular complexity index is 546. The Hall–Kier alpha value is -1.89. The molecule has 0 fully saturated rings. The molecule has 0 saturated carbocycles. The summed E-state index contributed by atoms with van der Waals surface area (Å²) < 4.78 is 2.16. The summed E-state index contributed by atoms with van der Waals surface area (Å²) in [7, 11) is 3.00. The highest BCUT2D eigenvalue weighted by molar-refractivity contribution is 5.76. The fourth-order valence-corrected chi connectivity index (χ4v) is 1.40. The van der Waals surface area contributed by atoms with Crippen molar-refractivity contribution in [3.8, 4) is 0 Å². The van der Waals surface area contributed by atoms with E-state index in [1.165, 1.54) is 28.8 Å². The van der Waals surface area contributed by atoms with E-state index in [1.807, 2.05) is 6.92 Å². The van der Waals surface area contributed by atoms with Gasteiger partial charge in [0.1, 0.15) is 6.54 Å². The molecule has 0 aliphatic rings. The summed E-state index contributed by atoms with van der Waals surface area (Å²) in [6.45, 7) is 2.07. The lowest BCUT2D eigenvalue weighted by molar-refractivity contribution is -0.132. The smallest absolute Gasteiger partial charge is 0.331 e. The number of rotatable bonds is 4. The lowest BCUT2D eigenvalue weighted by Crippen LogP contribution is -2.44. The van der Waals surface area contributed by atoms with Crippen molar-refractivity contribution in [3.63, 3.8) is 0 Å². The van der Waals surface area contributed by atoms with Gasteiger partial charge in [-0.2, -0.15) is 0 Å². The second kappa shape index (κ2) is 5.63. The van der Waals surface area contributed by atoms with Crippen LogP contribution < -0.4 is 17.0 Å². The molecular weight excluding hydrogens is 236 g/mol. The van der Waals surface area contributed by atoms with E-state index in [1.54, 1.807) is 7.05 Å². The van der Waals surface area contributed by atoms with Gasteiger partial charge in [0.05, 0.1) is 0 Å². The quantitative estimate of drug-likeness (QED) is 0.697. The molecule has 0 aromatic carbocycles. The number of amides is 1. The van der Waals surface area contributed by atoms with Crippen LogP contribution in [0.4, 0.5) is 0 Å². The fraction of sp³-hybridized carbons (Fsp3) is 0.545.